The van der Waals surface area contributed by atoms with Crippen molar-refractivity contribution in [2.24, 2.45) is 0 Å². The van der Waals surface area contributed by atoms with Crippen molar-refractivity contribution in [1.29, 1.82) is 0 Å². The molecule has 4 nitrogen and oxygen atoms in total. The van der Waals surface area contributed by atoms with Gasteiger partial charge in [-0.1, -0.05) is 30.3 Å². The summed E-state index contributed by atoms with van der Waals surface area (Å²) in [4.78, 5) is 23.5. The highest BCUT2D eigenvalue weighted by Gasteiger charge is 2.43. The quantitative estimate of drug-likeness (QED) is 0.851. The van der Waals surface area contributed by atoms with E-state index in [4.69, 9.17) is 4.74 Å². The number of rotatable bonds is 1. The first-order chi connectivity index (χ1) is 9.01. The summed E-state index contributed by atoms with van der Waals surface area (Å²) in [5.74, 6) is -0.970. The van der Waals surface area contributed by atoms with Gasteiger partial charge in [0.2, 0.25) is 5.60 Å². The van der Waals surface area contributed by atoms with Crippen LogP contribution in [0, 0.1) is 0 Å². The Hall–Kier alpha value is -2.36. The van der Waals surface area contributed by atoms with Crippen molar-refractivity contribution in [3.8, 4) is 5.75 Å². The summed E-state index contributed by atoms with van der Waals surface area (Å²) in [5, 5.41) is 10.9. The lowest BCUT2D eigenvalue weighted by atomic mass is 9.89. The Kier molecular flexibility index (Phi) is 2.35. The molecule has 0 spiro atoms. The van der Waals surface area contributed by atoms with E-state index in [9.17, 15) is 14.7 Å². The number of fused-ring (bicyclic) bond motifs is 3. The summed E-state index contributed by atoms with van der Waals surface area (Å²) in [6.45, 7) is 1.42. The largest absolute Gasteiger partial charge is 0.478 e. The molecule has 0 aromatic heterocycles. The van der Waals surface area contributed by atoms with E-state index in [-0.39, 0.29) is 12.2 Å². The van der Waals surface area contributed by atoms with E-state index >= 15 is 0 Å². The average Bonchev–Trinajstić information content (AvgIpc) is 2.37. The molecule has 0 saturated heterocycles. The van der Waals surface area contributed by atoms with E-state index in [1.54, 1.807) is 6.07 Å². The van der Waals surface area contributed by atoms with Crippen molar-refractivity contribution in [3.05, 3.63) is 42.0 Å². The van der Waals surface area contributed by atoms with Gasteiger partial charge in [0.05, 0.1) is 12.0 Å². The molecule has 0 aliphatic carbocycles. The third-order valence-electron chi connectivity index (χ3n) is 3.46. The van der Waals surface area contributed by atoms with E-state index in [1.807, 2.05) is 30.3 Å². The third kappa shape index (κ3) is 1.68. The molecule has 1 atom stereocenters. The van der Waals surface area contributed by atoms with Crippen LogP contribution in [0.25, 0.3) is 10.8 Å². The molecule has 2 aromatic carbocycles. The van der Waals surface area contributed by atoms with Gasteiger partial charge in [-0.25, -0.2) is 4.79 Å². The normalized spacial score (nSPS) is 21.8. The summed E-state index contributed by atoms with van der Waals surface area (Å²) in [6.07, 6.45) is -0.149. The summed E-state index contributed by atoms with van der Waals surface area (Å²) >= 11 is 0. The molecule has 96 valence electrons. The predicted molar refractivity (Wildman–Crippen MR) is 69.6 cm³/mol. The number of carbonyl (C=O) groups excluding carboxylic acids is 1. The van der Waals surface area contributed by atoms with Crippen LogP contribution in [0.5, 0.6) is 5.75 Å². The molecule has 1 unspecified atom stereocenters. The van der Waals surface area contributed by atoms with E-state index in [2.05, 4.69) is 0 Å². The Labute approximate surface area is 109 Å². The molecule has 3 rings (SSSR count). The van der Waals surface area contributed by atoms with Crippen molar-refractivity contribution < 1.29 is 19.4 Å². The second-order valence-corrected chi connectivity index (χ2v) is 4.90. The Morgan fingerprint density at radius 3 is 2.74 bits per heavy atom. The Morgan fingerprint density at radius 1 is 1.26 bits per heavy atom. The first-order valence-corrected chi connectivity index (χ1v) is 5.99. The van der Waals surface area contributed by atoms with Crippen LogP contribution in [-0.2, 0) is 4.79 Å². The summed E-state index contributed by atoms with van der Waals surface area (Å²) in [7, 11) is 0. The minimum Gasteiger partial charge on any atom is -0.478 e. The first kappa shape index (κ1) is 11.7. The summed E-state index contributed by atoms with van der Waals surface area (Å²) in [5.41, 5.74) is -0.996. The molecule has 1 aliphatic rings. The number of carboxylic acid groups (broad SMARTS) is 1. The number of aliphatic carboxylic acids is 1. The number of Topliss-reactive ketones (excluding diaryl/α,β-unsaturated/α-hetero) is 1. The van der Waals surface area contributed by atoms with Crippen molar-refractivity contribution in [2.75, 3.05) is 0 Å². The summed E-state index contributed by atoms with van der Waals surface area (Å²) < 4.78 is 5.54. The molecular formula is C15H12O4. The van der Waals surface area contributed by atoms with Gasteiger partial charge in [-0.05, 0) is 23.8 Å². The van der Waals surface area contributed by atoms with Crippen LogP contribution >= 0.6 is 0 Å². The molecule has 0 amide bonds. The van der Waals surface area contributed by atoms with Crippen LogP contribution < -0.4 is 4.74 Å². The molecule has 0 fully saturated rings. The minimum absolute atomic E-state index is 0.149. The van der Waals surface area contributed by atoms with Gasteiger partial charge < -0.3 is 9.84 Å². The number of ketones is 1. The zero-order valence-corrected chi connectivity index (χ0v) is 10.3. The third-order valence-corrected chi connectivity index (χ3v) is 3.46. The lowest BCUT2D eigenvalue weighted by molar-refractivity contribution is -0.154. The number of ether oxygens (including phenoxy) is 1. The average molecular weight is 256 g/mol. The van der Waals surface area contributed by atoms with E-state index in [1.165, 1.54) is 6.92 Å². The molecule has 4 heteroatoms. The van der Waals surface area contributed by atoms with Crippen molar-refractivity contribution in [1.82, 2.24) is 0 Å². The lowest BCUT2D eigenvalue weighted by Gasteiger charge is -2.31. The molecule has 0 saturated carbocycles. The van der Waals surface area contributed by atoms with Crippen molar-refractivity contribution >= 4 is 22.5 Å². The SMILES string of the molecule is CC1(C(=O)O)CC(=O)c2c(ccc3ccccc23)O1. The van der Waals surface area contributed by atoms with Crippen LogP contribution in [0.4, 0.5) is 0 Å². The molecule has 1 heterocycles. The number of hydrogen-bond donors (Lipinski definition) is 1. The highest BCUT2D eigenvalue weighted by atomic mass is 16.5. The maximum Gasteiger partial charge on any atom is 0.348 e. The fraction of sp³-hybridized carbons (Fsp3) is 0.200. The van der Waals surface area contributed by atoms with Gasteiger partial charge in [0, 0.05) is 0 Å². The van der Waals surface area contributed by atoms with Gasteiger partial charge in [-0.15, -0.1) is 0 Å². The molecule has 0 radical (unpaired) electrons. The number of carbonyl (C=O) groups is 2. The van der Waals surface area contributed by atoms with Gasteiger partial charge in [-0.3, -0.25) is 4.79 Å². The topological polar surface area (TPSA) is 63.6 Å². The Morgan fingerprint density at radius 2 is 2.00 bits per heavy atom. The minimum atomic E-state index is -1.48. The highest BCUT2D eigenvalue weighted by molar-refractivity contribution is 6.13. The van der Waals surface area contributed by atoms with Crippen molar-refractivity contribution in [2.45, 2.75) is 18.9 Å². The molecule has 19 heavy (non-hydrogen) atoms. The zero-order chi connectivity index (χ0) is 13.6. The van der Waals surface area contributed by atoms with Crippen LogP contribution in [-0.4, -0.2) is 22.5 Å². The molecule has 2 aromatic rings. The summed E-state index contributed by atoms with van der Waals surface area (Å²) in [6, 6.07) is 11.0. The lowest BCUT2D eigenvalue weighted by Crippen LogP contribution is -2.46. The maximum atomic E-state index is 12.3. The second-order valence-electron chi connectivity index (χ2n) is 4.90. The molecule has 1 aliphatic heterocycles. The maximum absolute atomic E-state index is 12.3. The van der Waals surface area contributed by atoms with Gasteiger partial charge in [0.1, 0.15) is 5.75 Å². The van der Waals surface area contributed by atoms with Crippen LogP contribution in [0.3, 0.4) is 0 Å². The molecule has 1 N–H and O–H groups in total. The van der Waals surface area contributed by atoms with Crippen molar-refractivity contribution in [3.63, 3.8) is 0 Å². The Bertz CT molecular complexity index is 704. The van der Waals surface area contributed by atoms with E-state index < -0.39 is 11.6 Å². The highest BCUT2D eigenvalue weighted by Crippen LogP contribution is 2.37. The van der Waals surface area contributed by atoms with E-state index in [0.29, 0.717) is 11.3 Å². The van der Waals surface area contributed by atoms with Gasteiger partial charge in [-0.2, -0.15) is 0 Å². The molecule has 0 bridgehead atoms. The standard InChI is InChI=1S/C15H12O4/c1-15(14(17)18)8-11(16)13-10-5-3-2-4-9(10)6-7-12(13)19-15/h2-7H,8H2,1H3,(H,17,18). The van der Waals surface area contributed by atoms with Crippen LogP contribution in [0.2, 0.25) is 0 Å². The fourth-order valence-corrected chi connectivity index (χ4v) is 2.42. The smallest absolute Gasteiger partial charge is 0.348 e. The number of carboxylic acids is 1. The second kappa shape index (κ2) is 3.82. The zero-order valence-electron chi connectivity index (χ0n) is 10.3. The van der Waals surface area contributed by atoms with Gasteiger partial charge >= 0.3 is 5.97 Å². The van der Waals surface area contributed by atoms with Gasteiger partial charge in [0.25, 0.3) is 0 Å². The van der Waals surface area contributed by atoms with Crippen LogP contribution in [0.1, 0.15) is 23.7 Å². The number of hydrogen-bond acceptors (Lipinski definition) is 3. The van der Waals surface area contributed by atoms with Gasteiger partial charge in [0.15, 0.2) is 5.78 Å². The van der Waals surface area contributed by atoms with E-state index in [0.717, 1.165) is 10.8 Å². The first-order valence-electron chi connectivity index (χ1n) is 5.99. The van der Waals surface area contributed by atoms with Crippen LogP contribution in [0.15, 0.2) is 36.4 Å². The Balaban J connectivity index is 2.24. The molecular weight excluding hydrogens is 244 g/mol. The fourth-order valence-electron chi connectivity index (χ4n) is 2.42. The number of benzene rings is 2. The predicted octanol–water partition coefficient (Wildman–Crippen LogP) is 2.65. The monoisotopic (exact) mass is 256 g/mol.